The average molecular weight is 406 g/mol. The monoisotopic (exact) mass is 406 g/mol. The van der Waals surface area contributed by atoms with Crippen molar-refractivity contribution in [1.29, 1.82) is 0 Å². The summed E-state index contributed by atoms with van der Waals surface area (Å²) in [5, 5.41) is 0. The second kappa shape index (κ2) is 8.34. The van der Waals surface area contributed by atoms with E-state index in [4.69, 9.17) is 14.2 Å². The standard InChI is InChI=1S/C25H26O5/c1-25(24(27)30-16-17-8-4-3-5-9-17)14-15-29-22-19(11-7-13-21(22)25)18-10-6-12-20(18)23(26)28-2/h3-5,7-9,11,13H,6,10,12,14-16H2,1-2H3. The van der Waals surface area contributed by atoms with E-state index in [-0.39, 0.29) is 18.5 Å². The van der Waals surface area contributed by atoms with Crippen LogP contribution in [0.25, 0.3) is 5.57 Å². The number of para-hydroxylation sites is 1. The Hall–Kier alpha value is -3.08. The van der Waals surface area contributed by atoms with Crippen molar-refractivity contribution in [1.82, 2.24) is 0 Å². The van der Waals surface area contributed by atoms with E-state index in [2.05, 4.69) is 0 Å². The van der Waals surface area contributed by atoms with E-state index in [9.17, 15) is 9.59 Å². The van der Waals surface area contributed by atoms with Gasteiger partial charge in [0.05, 0.1) is 19.1 Å². The summed E-state index contributed by atoms with van der Waals surface area (Å²) < 4.78 is 16.7. The first-order valence-electron chi connectivity index (χ1n) is 10.3. The van der Waals surface area contributed by atoms with Crippen LogP contribution in [-0.2, 0) is 31.1 Å². The van der Waals surface area contributed by atoms with E-state index < -0.39 is 5.41 Å². The maximum atomic E-state index is 13.1. The molecule has 0 bridgehead atoms. The molecule has 0 saturated carbocycles. The number of carbonyl (C=O) groups is 2. The van der Waals surface area contributed by atoms with Crippen LogP contribution in [0, 0.1) is 0 Å². The van der Waals surface area contributed by atoms with Crippen molar-refractivity contribution in [2.75, 3.05) is 13.7 Å². The summed E-state index contributed by atoms with van der Waals surface area (Å²) in [7, 11) is 1.40. The van der Waals surface area contributed by atoms with Gasteiger partial charge in [-0.1, -0.05) is 48.5 Å². The van der Waals surface area contributed by atoms with Crippen LogP contribution in [-0.4, -0.2) is 25.7 Å². The summed E-state index contributed by atoms with van der Waals surface area (Å²) >= 11 is 0. The minimum Gasteiger partial charge on any atom is -0.493 e. The summed E-state index contributed by atoms with van der Waals surface area (Å²) in [6.07, 6.45) is 2.93. The van der Waals surface area contributed by atoms with Crippen LogP contribution in [0.1, 0.15) is 49.3 Å². The fraction of sp³-hybridized carbons (Fsp3) is 0.360. The highest BCUT2D eigenvalue weighted by Gasteiger charge is 2.43. The third-order valence-electron chi connectivity index (χ3n) is 6.10. The minimum absolute atomic E-state index is 0.239. The van der Waals surface area contributed by atoms with E-state index in [1.165, 1.54) is 7.11 Å². The van der Waals surface area contributed by atoms with Crippen LogP contribution >= 0.6 is 0 Å². The molecule has 5 nitrogen and oxygen atoms in total. The molecule has 0 aromatic heterocycles. The molecule has 1 aliphatic heterocycles. The summed E-state index contributed by atoms with van der Waals surface area (Å²) in [5.74, 6) is 0.129. The largest absolute Gasteiger partial charge is 0.493 e. The van der Waals surface area contributed by atoms with Gasteiger partial charge < -0.3 is 14.2 Å². The minimum atomic E-state index is -0.803. The van der Waals surface area contributed by atoms with Crippen molar-refractivity contribution in [3.63, 3.8) is 0 Å². The lowest BCUT2D eigenvalue weighted by Gasteiger charge is -2.35. The number of allylic oxidation sites excluding steroid dienone is 1. The zero-order valence-corrected chi connectivity index (χ0v) is 17.4. The Morgan fingerprint density at radius 1 is 1.07 bits per heavy atom. The van der Waals surface area contributed by atoms with Crippen molar-refractivity contribution >= 4 is 17.5 Å². The first-order chi connectivity index (χ1) is 14.5. The molecule has 4 rings (SSSR count). The molecule has 0 amide bonds. The maximum Gasteiger partial charge on any atom is 0.334 e. The van der Waals surface area contributed by atoms with Crippen LogP contribution < -0.4 is 4.74 Å². The van der Waals surface area contributed by atoms with Gasteiger partial charge in [0, 0.05) is 23.1 Å². The van der Waals surface area contributed by atoms with Crippen molar-refractivity contribution in [3.8, 4) is 5.75 Å². The Bertz CT molecular complexity index is 992. The smallest absolute Gasteiger partial charge is 0.334 e. The molecule has 1 unspecified atom stereocenters. The average Bonchev–Trinajstić information content (AvgIpc) is 3.27. The Morgan fingerprint density at radius 3 is 2.63 bits per heavy atom. The van der Waals surface area contributed by atoms with Gasteiger partial charge in [-0.2, -0.15) is 0 Å². The number of fused-ring (bicyclic) bond motifs is 1. The highest BCUT2D eigenvalue weighted by molar-refractivity contribution is 6.00. The molecule has 1 aliphatic carbocycles. The lowest BCUT2D eigenvalue weighted by molar-refractivity contribution is -0.152. The van der Waals surface area contributed by atoms with Gasteiger partial charge >= 0.3 is 11.9 Å². The molecule has 156 valence electrons. The van der Waals surface area contributed by atoms with Gasteiger partial charge in [-0.05, 0) is 37.3 Å². The number of hydrogen-bond donors (Lipinski definition) is 0. The molecule has 0 saturated heterocycles. The lowest BCUT2D eigenvalue weighted by atomic mass is 9.76. The van der Waals surface area contributed by atoms with Crippen LogP contribution in [0.15, 0.2) is 54.1 Å². The number of rotatable bonds is 5. The third-order valence-corrected chi connectivity index (χ3v) is 6.10. The van der Waals surface area contributed by atoms with Crippen molar-refractivity contribution in [2.24, 2.45) is 0 Å². The van der Waals surface area contributed by atoms with Gasteiger partial charge in [0.1, 0.15) is 12.4 Å². The van der Waals surface area contributed by atoms with Crippen LogP contribution in [0.5, 0.6) is 5.75 Å². The number of benzene rings is 2. The van der Waals surface area contributed by atoms with Gasteiger partial charge in [0.2, 0.25) is 0 Å². The fourth-order valence-electron chi connectivity index (χ4n) is 4.34. The molecule has 0 radical (unpaired) electrons. The normalized spacial score (nSPS) is 20.3. The van der Waals surface area contributed by atoms with Crippen LogP contribution in [0.4, 0.5) is 0 Å². The Morgan fingerprint density at radius 2 is 1.87 bits per heavy atom. The van der Waals surface area contributed by atoms with E-state index in [0.717, 1.165) is 35.1 Å². The first kappa shape index (κ1) is 20.2. The molecule has 5 heteroatoms. The fourth-order valence-corrected chi connectivity index (χ4v) is 4.34. The summed E-state index contributed by atoms with van der Waals surface area (Å²) in [6.45, 7) is 2.57. The molecule has 30 heavy (non-hydrogen) atoms. The van der Waals surface area contributed by atoms with E-state index in [1.807, 2.05) is 55.5 Å². The van der Waals surface area contributed by atoms with Crippen LogP contribution in [0.3, 0.4) is 0 Å². The Kier molecular flexibility index (Phi) is 5.62. The molecule has 2 aliphatic rings. The third kappa shape index (κ3) is 3.60. The van der Waals surface area contributed by atoms with E-state index >= 15 is 0 Å². The maximum absolute atomic E-state index is 13.1. The highest BCUT2D eigenvalue weighted by atomic mass is 16.5. The molecule has 0 fully saturated rings. The quantitative estimate of drug-likeness (QED) is 0.680. The molecular weight excluding hydrogens is 380 g/mol. The zero-order valence-electron chi connectivity index (χ0n) is 17.4. The van der Waals surface area contributed by atoms with Gasteiger partial charge in [-0.15, -0.1) is 0 Å². The molecule has 2 aromatic carbocycles. The molecule has 2 aromatic rings. The molecule has 0 N–H and O–H groups in total. The van der Waals surface area contributed by atoms with Crippen molar-refractivity contribution < 1.29 is 23.8 Å². The number of methoxy groups -OCH3 is 1. The molecule has 1 atom stereocenters. The SMILES string of the molecule is COC(=O)C1=C(c2cccc3c2OCCC3(C)C(=O)OCc2ccccc2)CCC1. The Balaban J connectivity index is 1.67. The van der Waals surface area contributed by atoms with Crippen LogP contribution in [0.2, 0.25) is 0 Å². The Labute approximate surface area is 176 Å². The molecule has 1 heterocycles. The number of hydrogen-bond acceptors (Lipinski definition) is 5. The summed E-state index contributed by atoms with van der Waals surface area (Å²) in [4.78, 5) is 25.4. The lowest BCUT2D eigenvalue weighted by Crippen LogP contribution is -2.39. The second-order valence-electron chi connectivity index (χ2n) is 7.98. The van der Waals surface area contributed by atoms with Crippen molar-refractivity contribution in [3.05, 3.63) is 70.8 Å². The predicted octanol–water partition coefficient (Wildman–Crippen LogP) is 4.58. The number of carbonyl (C=O) groups excluding carboxylic acids is 2. The molecule has 0 spiro atoms. The van der Waals surface area contributed by atoms with Gasteiger partial charge in [0.25, 0.3) is 0 Å². The highest BCUT2D eigenvalue weighted by Crippen LogP contribution is 2.46. The van der Waals surface area contributed by atoms with Gasteiger partial charge in [0.15, 0.2) is 0 Å². The zero-order chi connectivity index (χ0) is 21.1. The predicted molar refractivity (Wildman–Crippen MR) is 113 cm³/mol. The number of esters is 2. The van der Waals surface area contributed by atoms with E-state index in [1.54, 1.807) is 0 Å². The van der Waals surface area contributed by atoms with Gasteiger partial charge in [-0.25, -0.2) is 4.79 Å². The van der Waals surface area contributed by atoms with Crippen molar-refractivity contribution in [2.45, 2.75) is 44.6 Å². The first-order valence-corrected chi connectivity index (χ1v) is 10.3. The summed E-state index contributed by atoms with van der Waals surface area (Å²) in [5.41, 5.74) is 3.51. The summed E-state index contributed by atoms with van der Waals surface area (Å²) in [6, 6.07) is 15.5. The molecular formula is C25H26O5. The second-order valence-corrected chi connectivity index (χ2v) is 7.98. The topological polar surface area (TPSA) is 61.8 Å². The van der Waals surface area contributed by atoms with E-state index in [0.29, 0.717) is 30.8 Å². The van der Waals surface area contributed by atoms with Gasteiger partial charge in [-0.3, -0.25) is 4.79 Å². The number of ether oxygens (including phenoxy) is 3.